The summed E-state index contributed by atoms with van der Waals surface area (Å²) in [6.07, 6.45) is 0. The minimum atomic E-state index is -1.09. The van der Waals surface area contributed by atoms with E-state index in [2.05, 4.69) is 5.32 Å². The molecule has 1 rings (SSSR count). The van der Waals surface area contributed by atoms with Crippen LogP contribution in [0.5, 0.6) is 5.75 Å². The first-order valence-corrected chi connectivity index (χ1v) is 5.66. The Morgan fingerprint density at radius 1 is 1.28 bits per heavy atom. The molecule has 0 aliphatic heterocycles. The zero-order chi connectivity index (χ0) is 13.9. The Hall–Kier alpha value is -2.04. The fourth-order valence-electron chi connectivity index (χ4n) is 1.57. The van der Waals surface area contributed by atoms with Crippen molar-refractivity contribution >= 4 is 11.9 Å². The number of benzene rings is 1. The molecule has 1 amide bonds. The Morgan fingerprint density at radius 3 is 2.39 bits per heavy atom. The summed E-state index contributed by atoms with van der Waals surface area (Å²) in [4.78, 5) is 22.9. The van der Waals surface area contributed by atoms with Gasteiger partial charge in [0, 0.05) is 0 Å². The molecule has 0 aliphatic rings. The number of hydrogen-bond acceptors (Lipinski definition) is 3. The molecule has 1 atom stereocenters. The molecule has 0 fully saturated rings. The van der Waals surface area contributed by atoms with Gasteiger partial charge in [-0.05, 0) is 24.5 Å². The van der Waals surface area contributed by atoms with Gasteiger partial charge in [0.1, 0.15) is 11.8 Å². The van der Waals surface area contributed by atoms with Crippen molar-refractivity contribution in [3.8, 4) is 5.75 Å². The van der Waals surface area contributed by atoms with Gasteiger partial charge in [0.25, 0.3) is 5.91 Å². The number of aliphatic carboxylic acids is 1. The molecule has 0 spiro atoms. The molecule has 1 aromatic carbocycles. The molecule has 0 saturated heterocycles. The molecule has 0 unspecified atom stereocenters. The van der Waals surface area contributed by atoms with Crippen LogP contribution >= 0.6 is 0 Å². The molecular weight excluding hydrogens is 234 g/mol. The number of hydrogen-bond donors (Lipinski definition) is 3. The molecule has 0 radical (unpaired) electrons. The molecule has 5 nitrogen and oxygen atoms in total. The summed E-state index contributed by atoms with van der Waals surface area (Å²) in [5.74, 6) is -2.04. The Balaban J connectivity index is 2.94. The zero-order valence-electron chi connectivity index (χ0n) is 10.6. The number of phenolic OH excluding ortho intramolecular Hbond substituents is 1. The van der Waals surface area contributed by atoms with Crippen LogP contribution in [-0.4, -0.2) is 28.1 Å². The number of carbonyl (C=O) groups excluding carboxylic acids is 1. The first-order chi connectivity index (χ1) is 8.34. The van der Waals surface area contributed by atoms with Gasteiger partial charge < -0.3 is 15.5 Å². The van der Waals surface area contributed by atoms with Crippen molar-refractivity contribution in [1.82, 2.24) is 5.32 Å². The smallest absolute Gasteiger partial charge is 0.326 e. The van der Waals surface area contributed by atoms with E-state index in [1.54, 1.807) is 32.9 Å². The standard InChI is InChI=1S/C13H17NO4/c1-7(2)10(13(17)18)14-12(16)9-6-4-5-8(3)11(9)15/h4-7,10,15H,1-3H3,(H,14,16)(H,17,18)/t10-/m1/s1. The van der Waals surface area contributed by atoms with Crippen molar-refractivity contribution in [3.05, 3.63) is 29.3 Å². The summed E-state index contributed by atoms with van der Waals surface area (Å²) in [6, 6.07) is 3.78. The Kier molecular flexibility index (Phi) is 4.31. The second-order valence-corrected chi connectivity index (χ2v) is 4.50. The second-order valence-electron chi connectivity index (χ2n) is 4.50. The lowest BCUT2D eigenvalue weighted by Crippen LogP contribution is -2.44. The number of carbonyl (C=O) groups is 2. The van der Waals surface area contributed by atoms with E-state index in [1.165, 1.54) is 6.07 Å². The first-order valence-electron chi connectivity index (χ1n) is 5.66. The topological polar surface area (TPSA) is 86.6 Å². The van der Waals surface area contributed by atoms with Crippen molar-refractivity contribution < 1.29 is 19.8 Å². The van der Waals surface area contributed by atoms with Crippen LogP contribution in [0.1, 0.15) is 29.8 Å². The van der Waals surface area contributed by atoms with Crippen molar-refractivity contribution in [2.24, 2.45) is 5.92 Å². The van der Waals surface area contributed by atoms with Crippen LogP contribution in [0.3, 0.4) is 0 Å². The second kappa shape index (κ2) is 5.53. The van der Waals surface area contributed by atoms with E-state index >= 15 is 0 Å². The number of rotatable bonds is 4. The SMILES string of the molecule is Cc1cccc(C(=O)N[C@@H](C(=O)O)C(C)C)c1O. The monoisotopic (exact) mass is 251 g/mol. The third kappa shape index (κ3) is 3.00. The highest BCUT2D eigenvalue weighted by atomic mass is 16.4. The average Bonchev–Trinajstić information content (AvgIpc) is 2.28. The van der Waals surface area contributed by atoms with Crippen LogP contribution in [0.15, 0.2) is 18.2 Å². The lowest BCUT2D eigenvalue weighted by molar-refractivity contribution is -0.140. The van der Waals surface area contributed by atoms with E-state index in [0.717, 1.165) is 0 Å². The molecule has 98 valence electrons. The van der Waals surface area contributed by atoms with Crippen LogP contribution in [0.25, 0.3) is 0 Å². The van der Waals surface area contributed by atoms with E-state index in [9.17, 15) is 14.7 Å². The van der Waals surface area contributed by atoms with Gasteiger partial charge in [-0.2, -0.15) is 0 Å². The predicted molar refractivity (Wildman–Crippen MR) is 66.6 cm³/mol. The predicted octanol–water partition coefficient (Wildman–Crippen LogP) is 1.54. The number of carboxylic acid groups (broad SMARTS) is 1. The number of amides is 1. The normalized spacial score (nSPS) is 12.2. The molecule has 1 aromatic rings. The minimum Gasteiger partial charge on any atom is -0.507 e. The van der Waals surface area contributed by atoms with Gasteiger partial charge in [0.2, 0.25) is 0 Å². The van der Waals surface area contributed by atoms with E-state index < -0.39 is 17.9 Å². The number of aromatic hydroxyl groups is 1. The molecule has 3 N–H and O–H groups in total. The van der Waals surface area contributed by atoms with Crippen molar-refractivity contribution in [1.29, 1.82) is 0 Å². The summed E-state index contributed by atoms with van der Waals surface area (Å²) in [5, 5.41) is 21.1. The van der Waals surface area contributed by atoms with Crippen LogP contribution < -0.4 is 5.32 Å². The molecule has 0 heterocycles. The first kappa shape index (κ1) is 14.0. The molecule has 0 bridgehead atoms. The Bertz CT molecular complexity index is 468. The van der Waals surface area contributed by atoms with Crippen LogP contribution in [0.2, 0.25) is 0 Å². The fraction of sp³-hybridized carbons (Fsp3) is 0.385. The maximum atomic E-state index is 11.9. The zero-order valence-corrected chi connectivity index (χ0v) is 10.6. The highest BCUT2D eigenvalue weighted by Gasteiger charge is 2.25. The fourth-order valence-corrected chi connectivity index (χ4v) is 1.57. The van der Waals surface area contributed by atoms with Crippen LogP contribution in [0.4, 0.5) is 0 Å². The van der Waals surface area contributed by atoms with Crippen molar-refractivity contribution in [3.63, 3.8) is 0 Å². The summed E-state index contributed by atoms with van der Waals surface area (Å²) in [5.41, 5.74) is 0.654. The van der Waals surface area contributed by atoms with Gasteiger partial charge in [-0.25, -0.2) is 4.79 Å². The van der Waals surface area contributed by atoms with E-state index in [-0.39, 0.29) is 17.2 Å². The van der Waals surface area contributed by atoms with Crippen LogP contribution in [-0.2, 0) is 4.79 Å². The third-order valence-corrected chi connectivity index (χ3v) is 2.70. The Labute approximate surface area is 105 Å². The average molecular weight is 251 g/mol. The quantitative estimate of drug-likeness (QED) is 0.757. The number of carboxylic acids is 1. The molecule has 0 saturated carbocycles. The summed E-state index contributed by atoms with van der Waals surface area (Å²) in [6.45, 7) is 5.08. The summed E-state index contributed by atoms with van der Waals surface area (Å²) >= 11 is 0. The number of para-hydroxylation sites is 1. The van der Waals surface area contributed by atoms with Gasteiger partial charge in [-0.3, -0.25) is 4.79 Å². The molecule has 0 aromatic heterocycles. The number of aryl methyl sites for hydroxylation is 1. The molecule has 18 heavy (non-hydrogen) atoms. The molecule has 5 heteroatoms. The molecule has 0 aliphatic carbocycles. The lowest BCUT2D eigenvalue weighted by atomic mass is 10.0. The van der Waals surface area contributed by atoms with Gasteiger partial charge in [0.05, 0.1) is 5.56 Å². The number of nitrogens with one attached hydrogen (secondary N) is 1. The molecular formula is C13H17NO4. The maximum absolute atomic E-state index is 11.9. The van der Waals surface area contributed by atoms with Crippen molar-refractivity contribution in [2.75, 3.05) is 0 Å². The minimum absolute atomic E-state index is 0.0851. The largest absolute Gasteiger partial charge is 0.507 e. The van der Waals surface area contributed by atoms with E-state index in [4.69, 9.17) is 5.11 Å². The van der Waals surface area contributed by atoms with Gasteiger partial charge in [-0.15, -0.1) is 0 Å². The summed E-state index contributed by atoms with van der Waals surface area (Å²) < 4.78 is 0. The highest BCUT2D eigenvalue weighted by Crippen LogP contribution is 2.21. The van der Waals surface area contributed by atoms with Crippen molar-refractivity contribution in [2.45, 2.75) is 26.8 Å². The lowest BCUT2D eigenvalue weighted by Gasteiger charge is -2.18. The van der Waals surface area contributed by atoms with E-state index in [1.807, 2.05) is 0 Å². The van der Waals surface area contributed by atoms with Crippen LogP contribution in [0, 0.1) is 12.8 Å². The van der Waals surface area contributed by atoms with Gasteiger partial charge in [0.15, 0.2) is 0 Å². The van der Waals surface area contributed by atoms with Gasteiger partial charge in [-0.1, -0.05) is 26.0 Å². The number of phenols is 1. The third-order valence-electron chi connectivity index (χ3n) is 2.70. The summed E-state index contributed by atoms with van der Waals surface area (Å²) in [7, 11) is 0. The van der Waals surface area contributed by atoms with Gasteiger partial charge >= 0.3 is 5.97 Å². The Morgan fingerprint density at radius 2 is 1.89 bits per heavy atom. The van der Waals surface area contributed by atoms with E-state index in [0.29, 0.717) is 5.56 Å². The highest BCUT2D eigenvalue weighted by molar-refractivity contribution is 5.99. The maximum Gasteiger partial charge on any atom is 0.326 e.